The Kier molecular flexibility index (Phi) is 5.99. The number of nitrogens with zero attached hydrogens (tertiary/aromatic N) is 3. The number of hydrogen-bond acceptors (Lipinski definition) is 9. The second-order valence-corrected chi connectivity index (χ2v) is 8.15. The molecular weight excluding hydrogens is 438 g/mol. The van der Waals surface area contributed by atoms with Crippen molar-refractivity contribution in [3.05, 3.63) is 54.4 Å². The molecule has 1 aliphatic heterocycles. The molecule has 34 heavy (non-hydrogen) atoms. The van der Waals surface area contributed by atoms with Crippen molar-refractivity contribution in [2.45, 2.75) is 31.0 Å². The van der Waals surface area contributed by atoms with E-state index >= 15 is 0 Å². The fourth-order valence-corrected chi connectivity index (χ4v) is 3.95. The molecule has 1 amide bonds. The molecule has 0 saturated heterocycles. The van der Waals surface area contributed by atoms with E-state index in [1.54, 1.807) is 24.4 Å². The van der Waals surface area contributed by atoms with E-state index in [1.807, 2.05) is 18.2 Å². The second-order valence-electron chi connectivity index (χ2n) is 8.15. The Hall–Kier alpha value is -3.76. The van der Waals surface area contributed by atoms with Crippen LogP contribution in [-0.4, -0.2) is 57.9 Å². The van der Waals surface area contributed by atoms with E-state index < -0.39 is 11.5 Å². The molecule has 2 aliphatic rings. The van der Waals surface area contributed by atoms with E-state index in [0.29, 0.717) is 60.4 Å². The van der Waals surface area contributed by atoms with E-state index in [1.165, 1.54) is 13.2 Å². The lowest BCUT2D eigenvalue weighted by molar-refractivity contribution is -0.130. The fraction of sp³-hybridized carbons (Fsp3) is 0.333. The molecule has 3 N–H and O–H groups in total. The van der Waals surface area contributed by atoms with Crippen LogP contribution < -0.4 is 24.8 Å². The number of nitrogens with one attached hydrogen (secondary N) is 2. The van der Waals surface area contributed by atoms with Crippen molar-refractivity contribution in [2.75, 3.05) is 25.6 Å². The average molecular weight is 463 g/mol. The zero-order valence-corrected chi connectivity index (χ0v) is 18.7. The number of carbonyl (C=O) groups excluding carboxylic acids is 1. The summed E-state index contributed by atoms with van der Waals surface area (Å²) >= 11 is 0. The minimum Gasteiger partial charge on any atom is -0.484 e. The number of anilines is 1. The molecule has 2 unspecified atom stereocenters. The summed E-state index contributed by atoms with van der Waals surface area (Å²) < 4.78 is 16.2. The first-order chi connectivity index (χ1) is 16.5. The summed E-state index contributed by atoms with van der Waals surface area (Å²) in [5.41, 5.74) is 0.762. The average Bonchev–Trinajstić information content (AvgIpc) is 2.88. The van der Waals surface area contributed by atoms with Crippen LogP contribution in [0.25, 0.3) is 11.0 Å². The van der Waals surface area contributed by atoms with Crippen LogP contribution in [0, 0.1) is 0 Å². The summed E-state index contributed by atoms with van der Waals surface area (Å²) in [5, 5.41) is 17.2. The molecule has 3 aromatic rings. The number of amides is 1. The third-order valence-corrected chi connectivity index (χ3v) is 5.86. The van der Waals surface area contributed by atoms with Crippen LogP contribution in [0.4, 0.5) is 5.69 Å². The van der Waals surface area contributed by atoms with Gasteiger partial charge < -0.3 is 30.0 Å². The smallest absolute Gasteiger partial charge is 0.260 e. The monoisotopic (exact) mass is 463 g/mol. The standard InChI is InChI=1S/C24H25N5O5/c1-32-20-5-3-17-21(29-20)18(8-11-25-17)28-23(30)24(31)9-6-15(7-10-24)26-14-16-2-4-19-22(27-16)34-13-12-33-19/h2-6,8-9,11,15,26,31H,7,10,12-14H2,1H3,(H,25,28,30). The lowest BCUT2D eigenvalue weighted by atomic mass is 9.87. The maximum atomic E-state index is 13.0. The first-order valence-electron chi connectivity index (χ1n) is 11.1. The van der Waals surface area contributed by atoms with Crippen molar-refractivity contribution in [1.82, 2.24) is 20.3 Å². The Morgan fingerprint density at radius 2 is 2.09 bits per heavy atom. The number of methoxy groups -OCH3 is 1. The number of carbonyl (C=O) groups is 1. The van der Waals surface area contributed by atoms with Gasteiger partial charge in [0, 0.05) is 24.8 Å². The summed E-state index contributed by atoms with van der Waals surface area (Å²) in [6.45, 7) is 1.53. The quantitative estimate of drug-likeness (QED) is 0.470. The summed E-state index contributed by atoms with van der Waals surface area (Å²) in [6.07, 6.45) is 5.78. The van der Waals surface area contributed by atoms with Gasteiger partial charge in [0.05, 0.1) is 24.0 Å². The van der Waals surface area contributed by atoms with E-state index in [9.17, 15) is 9.90 Å². The minimum atomic E-state index is -1.62. The van der Waals surface area contributed by atoms with E-state index in [-0.39, 0.29) is 12.5 Å². The highest BCUT2D eigenvalue weighted by atomic mass is 16.6. The Morgan fingerprint density at radius 1 is 1.21 bits per heavy atom. The van der Waals surface area contributed by atoms with Gasteiger partial charge in [-0.05, 0) is 43.2 Å². The summed E-state index contributed by atoms with van der Waals surface area (Å²) in [5.74, 6) is 1.05. The van der Waals surface area contributed by atoms with Crippen molar-refractivity contribution >= 4 is 22.6 Å². The number of ether oxygens (including phenoxy) is 3. The zero-order chi connectivity index (χ0) is 23.5. The van der Waals surface area contributed by atoms with Gasteiger partial charge in [-0.1, -0.05) is 6.08 Å². The molecule has 0 fully saturated rings. The first-order valence-corrected chi connectivity index (χ1v) is 11.1. The van der Waals surface area contributed by atoms with Gasteiger partial charge >= 0.3 is 0 Å². The van der Waals surface area contributed by atoms with Gasteiger partial charge in [0.1, 0.15) is 18.7 Å². The Morgan fingerprint density at radius 3 is 2.91 bits per heavy atom. The molecule has 0 saturated carbocycles. The zero-order valence-electron chi connectivity index (χ0n) is 18.7. The van der Waals surface area contributed by atoms with Crippen molar-refractivity contribution in [1.29, 1.82) is 0 Å². The molecule has 1 aliphatic carbocycles. The summed E-state index contributed by atoms with van der Waals surface area (Å²) in [7, 11) is 1.52. The number of aromatic nitrogens is 3. The van der Waals surface area contributed by atoms with E-state index in [2.05, 4.69) is 25.6 Å². The highest BCUT2D eigenvalue weighted by Gasteiger charge is 2.36. The molecule has 0 radical (unpaired) electrons. The molecule has 5 rings (SSSR count). The predicted octanol–water partition coefficient (Wildman–Crippen LogP) is 1.98. The predicted molar refractivity (Wildman–Crippen MR) is 124 cm³/mol. The SMILES string of the molecule is COc1ccc2nccc(NC(=O)C3(O)C=CC(NCc4ccc5c(n4)OCCO5)CC3)c2n1. The normalized spacial score (nSPS) is 21.3. The number of rotatable bonds is 6. The fourth-order valence-electron chi connectivity index (χ4n) is 3.95. The Bertz CT molecular complexity index is 1250. The summed E-state index contributed by atoms with van der Waals surface area (Å²) in [6, 6.07) is 8.85. The third kappa shape index (κ3) is 4.50. The van der Waals surface area contributed by atoms with Gasteiger partial charge in [-0.3, -0.25) is 9.78 Å². The lowest BCUT2D eigenvalue weighted by Crippen LogP contribution is -2.45. The van der Waals surface area contributed by atoms with Crippen molar-refractivity contribution in [3.8, 4) is 17.5 Å². The molecule has 2 atom stereocenters. The molecule has 0 spiro atoms. The molecule has 10 nitrogen and oxygen atoms in total. The Balaban J connectivity index is 1.23. The topological polar surface area (TPSA) is 128 Å². The Labute approximate surface area is 196 Å². The minimum absolute atomic E-state index is 0.00393. The largest absolute Gasteiger partial charge is 0.484 e. The first kappa shape index (κ1) is 22.1. The summed E-state index contributed by atoms with van der Waals surface area (Å²) in [4.78, 5) is 26.1. The number of fused-ring (bicyclic) bond motifs is 2. The van der Waals surface area contributed by atoms with E-state index in [4.69, 9.17) is 14.2 Å². The van der Waals surface area contributed by atoms with E-state index in [0.717, 1.165) is 5.69 Å². The van der Waals surface area contributed by atoms with Crippen LogP contribution in [0.2, 0.25) is 0 Å². The van der Waals surface area contributed by atoms with Crippen molar-refractivity contribution in [2.24, 2.45) is 0 Å². The van der Waals surface area contributed by atoms with Gasteiger partial charge in [-0.25, -0.2) is 9.97 Å². The highest BCUT2D eigenvalue weighted by Crippen LogP contribution is 2.29. The van der Waals surface area contributed by atoms with Gasteiger partial charge in [0.25, 0.3) is 11.8 Å². The molecule has 176 valence electrons. The number of aliphatic hydroxyl groups is 1. The maximum Gasteiger partial charge on any atom is 0.260 e. The van der Waals surface area contributed by atoms with Crippen LogP contribution >= 0.6 is 0 Å². The van der Waals surface area contributed by atoms with Crippen LogP contribution in [0.1, 0.15) is 18.5 Å². The highest BCUT2D eigenvalue weighted by molar-refractivity contribution is 6.03. The van der Waals surface area contributed by atoms with Gasteiger partial charge in [-0.2, -0.15) is 0 Å². The van der Waals surface area contributed by atoms with Crippen LogP contribution in [0.3, 0.4) is 0 Å². The molecule has 3 aromatic heterocycles. The molecule has 4 heterocycles. The van der Waals surface area contributed by atoms with Gasteiger partial charge in [0.2, 0.25) is 5.88 Å². The molecule has 0 aromatic carbocycles. The third-order valence-electron chi connectivity index (χ3n) is 5.86. The molecule has 0 bridgehead atoms. The molecular formula is C24H25N5O5. The molecule has 10 heteroatoms. The maximum absolute atomic E-state index is 13.0. The van der Waals surface area contributed by atoms with Crippen molar-refractivity contribution in [3.63, 3.8) is 0 Å². The second kappa shape index (κ2) is 9.24. The number of pyridine rings is 3. The lowest BCUT2D eigenvalue weighted by Gasteiger charge is -2.30. The van der Waals surface area contributed by atoms with Crippen LogP contribution in [0.15, 0.2) is 48.7 Å². The van der Waals surface area contributed by atoms with Gasteiger partial charge in [-0.15, -0.1) is 0 Å². The van der Waals surface area contributed by atoms with Gasteiger partial charge in [0.15, 0.2) is 11.4 Å². The van der Waals surface area contributed by atoms with Crippen LogP contribution in [0.5, 0.6) is 17.5 Å². The van der Waals surface area contributed by atoms with Crippen molar-refractivity contribution < 1.29 is 24.1 Å². The number of hydrogen-bond donors (Lipinski definition) is 3. The van der Waals surface area contributed by atoms with Crippen LogP contribution in [-0.2, 0) is 11.3 Å².